The molecular formula is C11H10N2OS. The van der Waals surface area contributed by atoms with Crippen molar-refractivity contribution in [3.05, 3.63) is 34.5 Å². The summed E-state index contributed by atoms with van der Waals surface area (Å²) in [6.45, 7) is 0. The lowest BCUT2D eigenvalue weighted by atomic mass is 10.0. The Balaban J connectivity index is 2.62. The maximum Gasteiger partial charge on any atom is 0.151 e. The number of anilines is 2. The molecule has 15 heavy (non-hydrogen) atoms. The second kappa shape index (κ2) is 3.74. The fourth-order valence-corrected chi connectivity index (χ4v) is 2.22. The lowest BCUT2D eigenvalue weighted by Gasteiger charge is -2.05. The molecule has 2 aromatic rings. The van der Waals surface area contributed by atoms with Gasteiger partial charge in [0.05, 0.1) is 0 Å². The van der Waals surface area contributed by atoms with E-state index in [1.54, 1.807) is 23.6 Å². The summed E-state index contributed by atoms with van der Waals surface area (Å²) in [7, 11) is 0. The van der Waals surface area contributed by atoms with E-state index in [4.69, 9.17) is 11.5 Å². The molecule has 0 radical (unpaired) electrons. The van der Waals surface area contributed by atoms with Gasteiger partial charge in [-0.15, -0.1) is 0 Å². The zero-order valence-electron chi connectivity index (χ0n) is 7.94. The normalized spacial score (nSPS) is 10.1. The van der Waals surface area contributed by atoms with Crippen LogP contribution in [-0.4, -0.2) is 6.29 Å². The summed E-state index contributed by atoms with van der Waals surface area (Å²) in [5.41, 5.74) is 15.1. The highest BCUT2D eigenvalue weighted by Gasteiger charge is 2.08. The smallest absolute Gasteiger partial charge is 0.151 e. The van der Waals surface area contributed by atoms with Crippen molar-refractivity contribution in [2.45, 2.75) is 0 Å². The highest BCUT2D eigenvalue weighted by Crippen LogP contribution is 2.32. The molecule has 0 saturated carbocycles. The maximum absolute atomic E-state index is 10.8. The van der Waals surface area contributed by atoms with Gasteiger partial charge in [0.15, 0.2) is 6.29 Å². The minimum absolute atomic E-state index is 0.630. The molecular weight excluding hydrogens is 208 g/mol. The number of nitrogens with two attached hydrogens (primary N) is 2. The second-order valence-electron chi connectivity index (χ2n) is 3.21. The Bertz CT molecular complexity index is 505. The summed E-state index contributed by atoms with van der Waals surface area (Å²) < 4.78 is 0. The first-order valence-electron chi connectivity index (χ1n) is 4.39. The van der Waals surface area contributed by atoms with Crippen LogP contribution in [0.15, 0.2) is 29.0 Å². The molecule has 0 aliphatic carbocycles. The fraction of sp³-hybridized carbons (Fsp3) is 0. The van der Waals surface area contributed by atoms with Gasteiger partial charge in [0, 0.05) is 33.4 Å². The molecule has 0 aliphatic rings. The summed E-state index contributed by atoms with van der Waals surface area (Å²) in [4.78, 5) is 10.8. The lowest BCUT2D eigenvalue weighted by Crippen LogP contribution is -1.93. The van der Waals surface area contributed by atoms with E-state index in [9.17, 15) is 4.79 Å². The van der Waals surface area contributed by atoms with E-state index in [1.807, 2.05) is 5.38 Å². The van der Waals surface area contributed by atoms with Gasteiger partial charge in [-0.3, -0.25) is 4.79 Å². The van der Waals surface area contributed by atoms with E-state index in [0.29, 0.717) is 16.9 Å². The summed E-state index contributed by atoms with van der Waals surface area (Å²) >= 11 is 1.47. The number of benzene rings is 1. The minimum atomic E-state index is 0.630. The molecule has 0 atom stereocenters. The van der Waals surface area contributed by atoms with Gasteiger partial charge in [0.25, 0.3) is 0 Å². The summed E-state index contributed by atoms with van der Waals surface area (Å²) in [6.07, 6.45) is 0.828. The molecule has 0 fully saturated rings. The molecule has 1 aromatic heterocycles. The number of carbonyl (C=O) groups is 1. The first-order chi connectivity index (χ1) is 7.22. The minimum Gasteiger partial charge on any atom is -0.399 e. The Kier molecular flexibility index (Phi) is 2.43. The van der Waals surface area contributed by atoms with Gasteiger partial charge < -0.3 is 11.5 Å². The monoisotopic (exact) mass is 218 g/mol. The molecule has 0 saturated heterocycles. The SMILES string of the molecule is Nc1ccc(N)c(-c2cscc2C=O)c1. The van der Waals surface area contributed by atoms with Gasteiger partial charge >= 0.3 is 0 Å². The quantitative estimate of drug-likeness (QED) is 0.600. The van der Waals surface area contributed by atoms with Crippen molar-refractivity contribution in [2.75, 3.05) is 11.5 Å². The number of carbonyl (C=O) groups excluding carboxylic acids is 1. The van der Waals surface area contributed by atoms with Crippen LogP contribution in [0.2, 0.25) is 0 Å². The van der Waals surface area contributed by atoms with Crippen LogP contribution in [0.25, 0.3) is 11.1 Å². The van der Waals surface area contributed by atoms with Crippen LogP contribution >= 0.6 is 11.3 Å². The summed E-state index contributed by atoms with van der Waals surface area (Å²) in [6, 6.07) is 5.27. The van der Waals surface area contributed by atoms with Crippen LogP contribution in [0, 0.1) is 0 Å². The van der Waals surface area contributed by atoms with Gasteiger partial charge in [-0.05, 0) is 23.6 Å². The molecule has 0 bridgehead atoms. The van der Waals surface area contributed by atoms with Gasteiger partial charge in [0.2, 0.25) is 0 Å². The summed E-state index contributed by atoms with van der Waals surface area (Å²) in [5, 5.41) is 3.69. The zero-order valence-corrected chi connectivity index (χ0v) is 8.75. The molecule has 1 aromatic carbocycles. The fourth-order valence-electron chi connectivity index (χ4n) is 1.42. The van der Waals surface area contributed by atoms with Crippen molar-refractivity contribution in [3.8, 4) is 11.1 Å². The van der Waals surface area contributed by atoms with E-state index >= 15 is 0 Å². The molecule has 76 valence electrons. The Morgan fingerprint density at radius 1 is 1.13 bits per heavy atom. The first kappa shape index (κ1) is 9.73. The number of thiophene rings is 1. The molecule has 0 aliphatic heterocycles. The molecule has 0 amide bonds. The highest BCUT2D eigenvalue weighted by molar-refractivity contribution is 7.08. The molecule has 0 spiro atoms. The first-order valence-corrected chi connectivity index (χ1v) is 5.33. The van der Waals surface area contributed by atoms with Crippen molar-refractivity contribution >= 4 is 29.0 Å². The van der Waals surface area contributed by atoms with Crippen LogP contribution < -0.4 is 11.5 Å². The van der Waals surface area contributed by atoms with Gasteiger partial charge in [-0.2, -0.15) is 11.3 Å². The molecule has 4 heteroatoms. The van der Waals surface area contributed by atoms with E-state index in [-0.39, 0.29) is 0 Å². The highest BCUT2D eigenvalue weighted by atomic mass is 32.1. The average Bonchev–Trinajstić information content (AvgIpc) is 2.69. The third kappa shape index (κ3) is 1.71. The van der Waals surface area contributed by atoms with E-state index in [0.717, 1.165) is 17.4 Å². The Morgan fingerprint density at radius 2 is 1.93 bits per heavy atom. The Hall–Kier alpha value is -1.81. The van der Waals surface area contributed by atoms with Crippen molar-refractivity contribution in [2.24, 2.45) is 0 Å². The predicted octanol–water partition coefficient (Wildman–Crippen LogP) is 2.39. The third-order valence-electron chi connectivity index (χ3n) is 2.19. The number of hydrogen-bond acceptors (Lipinski definition) is 4. The molecule has 2 rings (SSSR count). The van der Waals surface area contributed by atoms with Crippen LogP contribution in [0.4, 0.5) is 11.4 Å². The molecule has 4 N–H and O–H groups in total. The van der Waals surface area contributed by atoms with Crippen LogP contribution in [0.3, 0.4) is 0 Å². The average molecular weight is 218 g/mol. The number of hydrogen-bond donors (Lipinski definition) is 2. The van der Waals surface area contributed by atoms with E-state index in [2.05, 4.69) is 0 Å². The van der Waals surface area contributed by atoms with E-state index in [1.165, 1.54) is 11.3 Å². The maximum atomic E-state index is 10.8. The van der Waals surface area contributed by atoms with Crippen LogP contribution in [-0.2, 0) is 0 Å². The van der Waals surface area contributed by atoms with Crippen LogP contribution in [0.5, 0.6) is 0 Å². The van der Waals surface area contributed by atoms with Gasteiger partial charge in [0.1, 0.15) is 0 Å². The lowest BCUT2D eigenvalue weighted by molar-refractivity contribution is 0.112. The Labute approximate surface area is 91.3 Å². The van der Waals surface area contributed by atoms with Crippen molar-refractivity contribution in [1.29, 1.82) is 0 Å². The largest absolute Gasteiger partial charge is 0.399 e. The van der Waals surface area contributed by atoms with Crippen molar-refractivity contribution in [1.82, 2.24) is 0 Å². The van der Waals surface area contributed by atoms with Gasteiger partial charge in [-0.25, -0.2) is 0 Å². The van der Waals surface area contributed by atoms with Crippen LogP contribution in [0.1, 0.15) is 10.4 Å². The third-order valence-corrected chi connectivity index (χ3v) is 2.95. The predicted molar refractivity (Wildman–Crippen MR) is 64.0 cm³/mol. The number of rotatable bonds is 2. The van der Waals surface area contributed by atoms with Gasteiger partial charge in [-0.1, -0.05) is 0 Å². The van der Waals surface area contributed by atoms with Crippen molar-refractivity contribution < 1.29 is 4.79 Å². The standard InChI is InChI=1S/C11H10N2OS/c12-8-1-2-11(13)9(3-8)10-6-15-5-7(10)4-14/h1-6H,12-13H2. The topological polar surface area (TPSA) is 69.1 Å². The molecule has 0 unspecified atom stereocenters. The van der Waals surface area contributed by atoms with E-state index < -0.39 is 0 Å². The van der Waals surface area contributed by atoms with Crippen molar-refractivity contribution in [3.63, 3.8) is 0 Å². The summed E-state index contributed by atoms with van der Waals surface area (Å²) in [5.74, 6) is 0. The number of aldehydes is 1. The zero-order chi connectivity index (χ0) is 10.8. The second-order valence-corrected chi connectivity index (χ2v) is 3.95. The molecule has 3 nitrogen and oxygen atoms in total. The Morgan fingerprint density at radius 3 is 2.67 bits per heavy atom. The molecule has 1 heterocycles. The number of nitrogen functional groups attached to an aromatic ring is 2.